The number of hydrogen-bond donors (Lipinski definition) is 2. The summed E-state index contributed by atoms with van der Waals surface area (Å²) in [6.45, 7) is 64.3. The second kappa shape index (κ2) is 51.5. The van der Waals surface area contributed by atoms with E-state index in [9.17, 15) is 33.9 Å². The molecule has 550 valence electrons. The van der Waals surface area contributed by atoms with E-state index in [0.717, 1.165) is 58.6 Å². The first-order chi connectivity index (χ1) is 43.5. The van der Waals surface area contributed by atoms with Gasteiger partial charge in [-0.3, -0.25) is 28.8 Å². The molecule has 0 aromatic heterocycles. The molecule has 17 nitrogen and oxygen atoms in total. The lowest BCUT2D eigenvalue weighted by atomic mass is 9.78. The molecule has 1 aromatic carbocycles. The number of benzene rings is 1. The summed E-state index contributed by atoms with van der Waals surface area (Å²) in [4.78, 5) is 70.0. The minimum Gasteiger partial charge on any atom is -0.469 e. The van der Waals surface area contributed by atoms with Gasteiger partial charge in [-0.2, -0.15) is 0 Å². The Morgan fingerprint density at radius 3 is 1.28 bits per heavy atom. The minimum atomic E-state index is -0.949. The van der Waals surface area contributed by atoms with E-state index >= 15 is 0 Å². The summed E-state index contributed by atoms with van der Waals surface area (Å²) in [5, 5.41) is 18.8. The van der Waals surface area contributed by atoms with Crippen LogP contribution in [0.2, 0.25) is 0 Å². The summed E-state index contributed by atoms with van der Waals surface area (Å²) in [7, 11) is 10.2. The van der Waals surface area contributed by atoms with Crippen LogP contribution in [-0.2, 0) is 66.7 Å². The van der Waals surface area contributed by atoms with Gasteiger partial charge in [0.15, 0.2) is 0 Å². The summed E-state index contributed by atoms with van der Waals surface area (Å²) in [6.07, 6.45) is 3.15. The maximum Gasteiger partial charge on any atom is 0.306 e. The van der Waals surface area contributed by atoms with E-state index < -0.39 is 11.2 Å². The maximum absolute atomic E-state index is 11.8. The van der Waals surface area contributed by atoms with Gasteiger partial charge in [-0.15, -0.1) is 0 Å². The van der Waals surface area contributed by atoms with Gasteiger partial charge in [-0.1, -0.05) is 188 Å². The van der Waals surface area contributed by atoms with Crippen molar-refractivity contribution in [3.05, 3.63) is 109 Å². The van der Waals surface area contributed by atoms with Crippen molar-refractivity contribution in [2.45, 2.75) is 207 Å². The molecule has 1 heterocycles. The van der Waals surface area contributed by atoms with Gasteiger partial charge in [-0.25, -0.2) is 0 Å². The van der Waals surface area contributed by atoms with Gasteiger partial charge in [0, 0.05) is 58.7 Å². The Bertz CT molecular complexity index is 2420. The van der Waals surface area contributed by atoms with Crippen molar-refractivity contribution in [3.63, 3.8) is 0 Å². The molecule has 0 spiro atoms. The number of methoxy groups -OCH3 is 7. The molecule has 1 aromatic rings. The number of rotatable bonds is 33. The Labute approximate surface area is 578 Å². The Morgan fingerprint density at radius 2 is 0.947 bits per heavy atom. The molecule has 1 amide bonds. The number of likely N-dealkylation sites (N-methyl/N-ethyl adjacent to an activating group) is 1. The highest BCUT2D eigenvalue weighted by Crippen LogP contribution is 2.37. The number of allylic oxidation sites excluding steroid dienone is 2. The van der Waals surface area contributed by atoms with E-state index in [0.29, 0.717) is 74.2 Å². The molecule has 0 bridgehead atoms. The van der Waals surface area contributed by atoms with Gasteiger partial charge in [0.1, 0.15) is 0 Å². The predicted molar refractivity (Wildman–Crippen MR) is 388 cm³/mol. The summed E-state index contributed by atoms with van der Waals surface area (Å²) in [5.41, 5.74) is 5.95. The van der Waals surface area contributed by atoms with Gasteiger partial charge < -0.3 is 53.0 Å². The van der Waals surface area contributed by atoms with Gasteiger partial charge >= 0.3 is 29.8 Å². The zero-order chi connectivity index (χ0) is 74.1. The van der Waals surface area contributed by atoms with Crippen LogP contribution in [0, 0.1) is 71.0 Å². The molecule has 1 saturated heterocycles. The number of amides is 1. The molecule has 8 atom stereocenters. The standard InChI is InChI=1S/C16H23NO.C13H22O3.C13H24O3.2C12H22O3.C11H20O3.CH4/c1-6-17(14(5)18)16(13(4)12(2)3)15-10-8-7-9-11-15;1-9(2)10(3)12(7-13(14)15-4)11-5-6-16-8-11;1-9(2)10(3)11(8-12(14)15-6)13(4,5)16-7;1-8(2)9(3)10(12(4,5)14)7-11(13)15-6;1-8(2)9(3)11(10(4)14-5)7-12(13)15-6;1-8(2)9(3)10(5-6-12)7-11(13)14-4;/h7-12,16H,4,6H2,1-3,5H3;9,11-12H,3,5-8H2,1-2,4H3;9,11H,3,8H2,1-2,4-7H3;8,10,14H,3,7H2,1-2,4-6H3;8,10-11H,3,7H2,1-2,4-6H3;8,10,12H,3,5-7H2,1-2,4H3;1H4. The molecule has 2 N–H and O–H groups in total. The lowest BCUT2D eigenvalue weighted by Crippen LogP contribution is -2.37. The van der Waals surface area contributed by atoms with Crippen LogP contribution in [0.5, 0.6) is 0 Å². The van der Waals surface area contributed by atoms with Crippen LogP contribution in [0.15, 0.2) is 103 Å². The highest BCUT2D eigenvalue weighted by atomic mass is 16.5. The normalized spacial score (nSPS) is 14.7. The Balaban J connectivity index is -0.000000341. The van der Waals surface area contributed by atoms with Crippen molar-refractivity contribution in [1.82, 2.24) is 4.90 Å². The van der Waals surface area contributed by atoms with Crippen LogP contribution in [0.1, 0.15) is 196 Å². The SMILES string of the molecule is C.C=C(C(C)C)C(CC(=O)OC)C(C)(C)O.C=C(C(C)C)C(CC(=O)OC)C(C)(C)OC.C=C(C(C)C)C(CC(=O)OC)C(C)OC.C=C(C(C)C)C(CC(=O)OC)C1CCOC1.C=C(C(C)C)C(CCO)CC(=O)OC.C=C(C(C)C)C(c1ccccc1)N(CC)C(C)=O. The van der Waals surface area contributed by atoms with Gasteiger partial charge in [0.05, 0.1) is 97.6 Å². The first-order valence-corrected chi connectivity index (χ1v) is 33.2. The molecule has 0 aliphatic carbocycles. The predicted octanol–water partition coefficient (Wildman–Crippen LogP) is 16.0. The number of ether oxygens (including phenoxy) is 8. The van der Waals surface area contributed by atoms with E-state index in [-0.39, 0.29) is 104 Å². The fraction of sp³-hybridized carbons (Fsp3) is 0.692. The van der Waals surface area contributed by atoms with Crippen molar-refractivity contribution in [2.24, 2.45) is 71.0 Å². The summed E-state index contributed by atoms with van der Waals surface area (Å²) < 4.78 is 39.4. The van der Waals surface area contributed by atoms with Crippen LogP contribution in [-0.4, -0.2) is 144 Å². The first-order valence-electron chi connectivity index (χ1n) is 33.2. The minimum absolute atomic E-state index is 0. The van der Waals surface area contributed by atoms with Gasteiger partial charge in [-0.05, 0) is 119 Å². The molecule has 1 fully saturated rings. The topological polar surface area (TPSA) is 220 Å². The highest BCUT2D eigenvalue weighted by molar-refractivity contribution is 5.74. The van der Waals surface area contributed by atoms with Crippen molar-refractivity contribution >= 4 is 35.8 Å². The zero-order valence-corrected chi connectivity index (χ0v) is 63.5. The number of aliphatic hydroxyl groups excluding tert-OH is 1. The van der Waals surface area contributed by atoms with Crippen molar-refractivity contribution in [3.8, 4) is 0 Å². The smallest absolute Gasteiger partial charge is 0.306 e. The number of aliphatic hydroxyl groups is 2. The van der Waals surface area contributed by atoms with E-state index in [1.54, 1.807) is 35.0 Å². The van der Waals surface area contributed by atoms with E-state index in [2.05, 4.69) is 121 Å². The first kappa shape index (κ1) is 98.0. The molecule has 1 aliphatic rings. The number of hydrogen-bond acceptors (Lipinski definition) is 16. The fourth-order valence-corrected chi connectivity index (χ4v) is 10.2. The van der Waals surface area contributed by atoms with Crippen LogP contribution in [0.4, 0.5) is 0 Å². The third-order valence-corrected chi connectivity index (χ3v) is 17.6. The molecule has 17 heteroatoms. The van der Waals surface area contributed by atoms with Crippen LogP contribution < -0.4 is 0 Å². The fourth-order valence-electron chi connectivity index (χ4n) is 10.2. The van der Waals surface area contributed by atoms with E-state index in [1.165, 1.54) is 35.5 Å². The number of esters is 5. The van der Waals surface area contributed by atoms with Crippen LogP contribution in [0.3, 0.4) is 0 Å². The number of nitrogens with zero attached hydrogens (tertiary/aromatic N) is 1. The molecular formula is C78H137NO16. The monoisotopic (exact) mass is 1340 g/mol. The van der Waals surface area contributed by atoms with Gasteiger partial charge in [0.25, 0.3) is 0 Å². The Morgan fingerprint density at radius 1 is 0.558 bits per heavy atom. The summed E-state index contributed by atoms with van der Waals surface area (Å²) >= 11 is 0. The molecule has 95 heavy (non-hydrogen) atoms. The van der Waals surface area contributed by atoms with Crippen molar-refractivity contribution in [1.29, 1.82) is 0 Å². The summed E-state index contributed by atoms with van der Waals surface area (Å²) in [5.74, 6) is 1.33. The molecule has 0 saturated carbocycles. The second-order valence-corrected chi connectivity index (χ2v) is 27.0. The second-order valence-electron chi connectivity index (χ2n) is 27.0. The number of carbonyl (C=O) groups is 6. The van der Waals surface area contributed by atoms with E-state index in [4.69, 9.17) is 28.8 Å². The molecule has 2 rings (SSSR count). The zero-order valence-electron chi connectivity index (χ0n) is 63.5. The maximum atomic E-state index is 11.8. The largest absolute Gasteiger partial charge is 0.469 e. The average molecular weight is 1340 g/mol. The average Bonchev–Trinajstić information content (AvgIpc) is 1.17. The highest BCUT2D eigenvalue weighted by Gasteiger charge is 2.36. The molecule has 1 aliphatic heterocycles. The van der Waals surface area contributed by atoms with Crippen molar-refractivity contribution < 1.29 is 76.9 Å². The van der Waals surface area contributed by atoms with E-state index in [1.807, 2.05) is 78.5 Å². The molecular weight excluding hydrogens is 1210 g/mol. The van der Waals surface area contributed by atoms with Gasteiger partial charge in [0.2, 0.25) is 5.91 Å². The quantitative estimate of drug-likeness (QED) is 0.0380. The van der Waals surface area contributed by atoms with Crippen LogP contribution in [0.25, 0.3) is 0 Å². The number of carbonyl (C=O) groups excluding carboxylic acids is 6. The third kappa shape index (κ3) is 39.3. The lowest BCUT2D eigenvalue weighted by molar-refractivity contribution is -0.144. The van der Waals surface area contributed by atoms with Crippen molar-refractivity contribution in [2.75, 3.05) is 76.1 Å². The Kier molecular flexibility index (Phi) is 53.1. The molecule has 8 unspecified atom stereocenters. The molecule has 0 radical (unpaired) electrons. The summed E-state index contributed by atoms with van der Waals surface area (Å²) in [6, 6.07) is 10.1. The Hall–Kier alpha value is -5.72. The van der Waals surface area contributed by atoms with Crippen LogP contribution >= 0.6 is 0 Å². The lowest BCUT2D eigenvalue weighted by Gasteiger charge is -2.35. The third-order valence-electron chi connectivity index (χ3n) is 17.6.